The molecule has 0 saturated carbocycles. The molecule has 0 amide bonds. The monoisotopic (exact) mass is 318 g/mol. The SMILES string of the molecule is C1=C(c2nc(-c3ccccc3)c(-c3ccccc3)s2)CCNC1. The van der Waals surface area contributed by atoms with E-state index in [4.69, 9.17) is 4.98 Å². The number of nitrogens with one attached hydrogen (secondary N) is 1. The summed E-state index contributed by atoms with van der Waals surface area (Å²) in [5, 5.41) is 4.53. The molecule has 2 heterocycles. The van der Waals surface area contributed by atoms with Gasteiger partial charge >= 0.3 is 0 Å². The quantitative estimate of drug-likeness (QED) is 0.746. The molecular weight excluding hydrogens is 300 g/mol. The van der Waals surface area contributed by atoms with E-state index in [2.05, 4.69) is 66.0 Å². The van der Waals surface area contributed by atoms with Gasteiger partial charge in [0.05, 0.1) is 10.6 Å². The van der Waals surface area contributed by atoms with Crippen LogP contribution in [0.25, 0.3) is 27.3 Å². The van der Waals surface area contributed by atoms with Crippen molar-refractivity contribution in [3.8, 4) is 21.7 Å². The van der Waals surface area contributed by atoms with E-state index >= 15 is 0 Å². The molecule has 1 aliphatic rings. The highest BCUT2D eigenvalue weighted by Crippen LogP contribution is 2.39. The smallest absolute Gasteiger partial charge is 0.120 e. The maximum atomic E-state index is 5.00. The maximum Gasteiger partial charge on any atom is 0.120 e. The summed E-state index contributed by atoms with van der Waals surface area (Å²) in [5.74, 6) is 0. The van der Waals surface area contributed by atoms with Gasteiger partial charge in [-0.15, -0.1) is 11.3 Å². The van der Waals surface area contributed by atoms with Gasteiger partial charge in [-0.1, -0.05) is 66.7 Å². The lowest BCUT2D eigenvalue weighted by molar-refractivity contribution is 0.738. The minimum absolute atomic E-state index is 0.941. The standard InChI is InChI=1S/C20H18N2S/c1-3-7-15(8-4-1)18-19(16-9-5-2-6-10-16)23-20(22-18)17-11-13-21-14-12-17/h1-11,21H,12-14H2. The number of hydrogen-bond acceptors (Lipinski definition) is 3. The summed E-state index contributed by atoms with van der Waals surface area (Å²) in [4.78, 5) is 6.26. The number of aromatic nitrogens is 1. The zero-order chi connectivity index (χ0) is 15.5. The van der Waals surface area contributed by atoms with Crippen LogP contribution in [0, 0.1) is 0 Å². The van der Waals surface area contributed by atoms with Crippen molar-refractivity contribution < 1.29 is 0 Å². The van der Waals surface area contributed by atoms with Gasteiger partial charge in [0.1, 0.15) is 5.01 Å². The molecular formula is C20H18N2S. The van der Waals surface area contributed by atoms with Gasteiger partial charge in [0.25, 0.3) is 0 Å². The lowest BCUT2D eigenvalue weighted by atomic mass is 10.1. The first-order valence-electron chi connectivity index (χ1n) is 7.93. The second kappa shape index (κ2) is 6.49. The Bertz CT molecular complexity index is 762. The zero-order valence-corrected chi connectivity index (χ0v) is 13.6. The third-order valence-electron chi connectivity index (χ3n) is 4.05. The summed E-state index contributed by atoms with van der Waals surface area (Å²) in [6.45, 7) is 1.98. The Hall–Kier alpha value is -2.23. The Kier molecular flexibility index (Phi) is 4.05. The molecule has 3 heteroatoms. The van der Waals surface area contributed by atoms with E-state index in [1.165, 1.54) is 21.6 Å². The fourth-order valence-corrected chi connectivity index (χ4v) is 4.01. The third kappa shape index (κ3) is 2.98. The van der Waals surface area contributed by atoms with Crippen LogP contribution in [0.2, 0.25) is 0 Å². The van der Waals surface area contributed by atoms with Crippen molar-refractivity contribution in [2.75, 3.05) is 13.1 Å². The third-order valence-corrected chi connectivity index (χ3v) is 5.23. The fourth-order valence-electron chi connectivity index (χ4n) is 2.85. The molecule has 114 valence electrons. The van der Waals surface area contributed by atoms with E-state index in [1.807, 2.05) is 6.07 Å². The molecule has 0 saturated heterocycles. The molecule has 2 aromatic carbocycles. The molecule has 0 spiro atoms. The molecule has 4 rings (SSSR count). The van der Waals surface area contributed by atoms with E-state index in [-0.39, 0.29) is 0 Å². The Labute approximate surface area is 140 Å². The molecule has 0 radical (unpaired) electrons. The molecule has 0 atom stereocenters. The number of hydrogen-bond donors (Lipinski definition) is 1. The van der Waals surface area contributed by atoms with Gasteiger partial charge in [0, 0.05) is 12.1 Å². The van der Waals surface area contributed by atoms with Crippen LogP contribution in [0.4, 0.5) is 0 Å². The highest BCUT2D eigenvalue weighted by molar-refractivity contribution is 7.16. The average molecular weight is 318 g/mol. The van der Waals surface area contributed by atoms with Crippen LogP contribution in [0.5, 0.6) is 0 Å². The van der Waals surface area contributed by atoms with E-state index in [0.29, 0.717) is 0 Å². The van der Waals surface area contributed by atoms with Crippen molar-refractivity contribution >= 4 is 16.9 Å². The molecule has 0 bridgehead atoms. The molecule has 0 aliphatic carbocycles. The van der Waals surface area contributed by atoms with Gasteiger partial charge in [-0.25, -0.2) is 4.98 Å². The van der Waals surface area contributed by atoms with Gasteiger partial charge in [-0.05, 0) is 24.1 Å². The van der Waals surface area contributed by atoms with Gasteiger partial charge in [-0.3, -0.25) is 0 Å². The first-order valence-corrected chi connectivity index (χ1v) is 8.75. The highest BCUT2D eigenvalue weighted by atomic mass is 32.1. The lowest BCUT2D eigenvalue weighted by Crippen LogP contribution is -2.19. The molecule has 0 fully saturated rings. The van der Waals surface area contributed by atoms with Crippen LogP contribution in [0.3, 0.4) is 0 Å². The predicted octanol–water partition coefficient (Wildman–Crippen LogP) is 4.85. The van der Waals surface area contributed by atoms with Crippen molar-refractivity contribution in [2.24, 2.45) is 0 Å². The fraction of sp³-hybridized carbons (Fsp3) is 0.150. The maximum absolute atomic E-state index is 5.00. The average Bonchev–Trinajstić information content (AvgIpc) is 3.09. The summed E-state index contributed by atoms with van der Waals surface area (Å²) < 4.78 is 0. The van der Waals surface area contributed by atoms with E-state index in [9.17, 15) is 0 Å². The lowest BCUT2D eigenvalue weighted by Gasteiger charge is -2.11. The predicted molar refractivity (Wildman–Crippen MR) is 98.4 cm³/mol. The van der Waals surface area contributed by atoms with Gasteiger partial charge in [-0.2, -0.15) is 0 Å². The Morgan fingerprint density at radius 3 is 2.22 bits per heavy atom. The summed E-state index contributed by atoms with van der Waals surface area (Å²) in [6, 6.07) is 21.1. The summed E-state index contributed by atoms with van der Waals surface area (Å²) in [6.07, 6.45) is 3.32. The van der Waals surface area contributed by atoms with Crippen LogP contribution >= 0.6 is 11.3 Å². The van der Waals surface area contributed by atoms with Crippen LogP contribution in [-0.2, 0) is 0 Å². The normalized spacial score (nSPS) is 14.5. The Morgan fingerprint density at radius 2 is 1.57 bits per heavy atom. The van der Waals surface area contributed by atoms with Crippen molar-refractivity contribution in [3.63, 3.8) is 0 Å². The number of thiazole rings is 1. The van der Waals surface area contributed by atoms with Gasteiger partial charge < -0.3 is 5.32 Å². The molecule has 3 aromatic rings. The van der Waals surface area contributed by atoms with Gasteiger partial charge in [0.15, 0.2) is 0 Å². The van der Waals surface area contributed by atoms with E-state index in [0.717, 1.165) is 30.2 Å². The minimum atomic E-state index is 0.941. The van der Waals surface area contributed by atoms with E-state index in [1.54, 1.807) is 11.3 Å². The molecule has 1 aromatic heterocycles. The summed E-state index contributed by atoms with van der Waals surface area (Å²) in [5.41, 5.74) is 4.89. The second-order valence-electron chi connectivity index (χ2n) is 5.61. The van der Waals surface area contributed by atoms with Crippen molar-refractivity contribution in [1.82, 2.24) is 10.3 Å². The molecule has 23 heavy (non-hydrogen) atoms. The summed E-state index contributed by atoms with van der Waals surface area (Å²) in [7, 11) is 0. The largest absolute Gasteiger partial charge is 0.313 e. The molecule has 2 nitrogen and oxygen atoms in total. The van der Waals surface area contributed by atoms with Gasteiger partial charge in [0.2, 0.25) is 0 Å². The summed E-state index contributed by atoms with van der Waals surface area (Å²) >= 11 is 1.81. The minimum Gasteiger partial charge on any atom is -0.313 e. The molecule has 0 unspecified atom stereocenters. The topological polar surface area (TPSA) is 24.9 Å². The number of rotatable bonds is 3. The van der Waals surface area contributed by atoms with Crippen molar-refractivity contribution in [2.45, 2.75) is 6.42 Å². The van der Waals surface area contributed by atoms with E-state index < -0.39 is 0 Å². The van der Waals surface area contributed by atoms with Crippen LogP contribution in [0.1, 0.15) is 11.4 Å². The highest BCUT2D eigenvalue weighted by Gasteiger charge is 2.17. The van der Waals surface area contributed by atoms with Crippen LogP contribution in [0.15, 0.2) is 66.7 Å². The first kappa shape index (κ1) is 14.4. The first-order chi connectivity index (χ1) is 11.4. The van der Waals surface area contributed by atoms with Crippen LogP contribution < -0.4 is 5.32 Å². The van der Waals surface area contributed by atoms with Crippen molar-refractivity contribution in [1.29, 1.82) is 0 Å². The Balaban J connectivity index is 1.86. The van der Waals surface area contributed by atoms with Crippen molar-refractivity contribution in [3.05, 3.63) is 71.7 Å². The van der Waals surface area contributed by atoms with Crippen LogP contribution in [-0.4, -0.2) is 18.1 Å². The second-order valence-corrected chi connectivity index (χ2v) is 6.61. The molecule has 1 N–H and O–H groups in total. The number of benzene rings is 2. The molecule has 1 aliphatic heterocycles. The number of nitrogens with zero attached hydrogens (tertiary/aromatic N) is 1. The Morgan fingerprint density at radius 1 is 0.870 bits per heavy atom. The zero-order valence-electron chi connectivity index (χ0n) is 12.8.